The van der Waals surface area contributed by atoms with Gasteiger partial charge in [0, 0.05) is 6.54 Å². The van der Waals surface area contributed by atoms with E-state index in [1.54, 1.807) is 54.6 Å². The summed E-state index contributed by atoms with van der Waals surface area (Å²) in [4.78, 5) is 10.4. The fraction of sp³-hybridized carbons (Fsp3) is 0.0526. The molecule has 0 aliphatic carbocycles. The molecule has 0 spiro atoms. The number of benzene rings is 3. The van der Waals surface area contributed by atoms with Gasteiger partial charge in [-0.3, -0.25) is 10.1 Å². The van der Waals surface area contributed by atoms with Crippen molar-refractivity contribution in [1.82, 2.24) is 4.72 Å². The molecule has 0 saturated carbocycles. The normalized spacial score (nSPS) is 11.2. The summed E-state index contributed by atoms with van der Waals surface area (Å²) in [5.74, 6) is 0.211. The summed E-state index contributed by atoms with van der Waals surface area (Å²) in [6.45, 7) is 0.0234. The lowest BCUT2D eigenvalue weighted by atomic mass is 10.2. The zero-order chi connectivity index (χ0) is 20.1. The van der Waals surface area contributed by atoms with E-state index in [1.165, 1.54) is 12.1 Å². The van der Waals surface area contributed by atoms with Gasteiger partial charge in [-0.25, -0.2) is 13.1 Å². The molecule has 0 amide bonds. The summed E-state index contributed by atoms with van der Waals surface area (Å²) in [6.07, 6.45) is 0. The Morgan fingerprint density at radius 3 is 2.18 bits per heavy atom. The fourth-order valence-corrected chi connectivity index (χ4v) is 4.08. The standard InChI is InChI=1S/C19H15ClN2O5S/c20-18-17(28(25,26)21-13-14-7-3-1-4-8-14)12-11-16(19(18)22(23)24)27-15-9-5-2-6-10-15/h1-12,21H,13H2. The molecule has 3 aromatic rings. The van der Waals surface area contributed by atoms with Crippen LogP contribution in [0.25, 0.3) is 0 Å². The molecule has 3 aromatic carbocycles. The van der Waals surface area contributed by atoms with Crippen LogP contribution in [-0.4, -0.2) is 13.3 Å². The molecule has 0 saturated heterocycles. The summed E-state index contributed by atoms with van der Waals surface area (Å²) in [6, 6.07) is 19.7. The maximum atomic E-state index is 12.6. The Morgan fingerprint density at radius 2 is 1.57 bits per heavy atom. The Bertz CT molecular complexity index is 1090. The van der Waals surface area contributed by atoms with E-state index in [2.05, 4.69) is 4.72 Å². The molecule has 0 bridgehead atoms. The minimum absolute atomic E-state index is 0.0234. The molecule has 0 aliphatic rings. The van der Waals surface area contributed by atoms with Crippen molar-refractivity contribution in [1.29, 1.82) is 0 Å². The van der Waals surface area contributed by atoms with Crippen LogP contribution in [0.3, 0.4) is 0 Å². The Balaban J connectivity index is 1.93. The average molecular weight is 419 g/mol. The monoisotopic (exact) mass is 418 g/mol. The first kappa shape index (κ1) is 19.8. The molecule has 3 rings (SSSR count). The summed E-state index contributed by atoms with van der Waals surface area (Å²) in [5, 5.41) is 11.0. The van der Waals surface area contributed by atoms with Crippen LogP contribution in [0.2, 0.25) is 5.02 Å². The molecular formula is C19H15ClN2O5S. The molecule has 0 unspecified atom stereocenters. The second kappa shape index (κ2) is 8.39. The van der Waals surface area contributed by atoms with Gasteiger partial charge in [-0.15, -0.1) is 0 Å². The average Bonchev–Trinajstić information content (AvgIpc) is 2.68. The van der Waals surface area contributed by atoms with E-state index in [0.29, 0.717) is 5.75 Å². The van der Waals surface area contributed by atoms with Gasteiger partial charge in [-0.2, -0.15) is 0 Å². The zero-order valence-corrected chi connectivity index (χ0v) is 16.0. The smallest absolute Gasteiger partial charge is 0.331 e. The van der Waals surface area contributed by atoms with Crippen molar-refractivity contribution < 1.29 is 18.1 Å². The number of rotatable bonds is 7. The van der Waals surface area contributed by atoms with Crippen LogP contribution in [0, 0.1) is 10.1 Å². The third-order valence-electron chi connectivity index (χ3n) is 3.80. The minimum atomic E-state index is -4.08. The van der Waals surface area contributed by atoms with Crippen molar-refractivity contribution in [2.45, 2.75) is 11.4 Å². The number of hydrogen-bond donors (Lipinski definition) is 1. The van der Waals surface area contributed by atoms with Gasteiger partial charge in [0.15, 0.2) is 0 Å². The third-order valence-corrected chi connectivity index (χ3v) is 5.73. The first-order chi connectivity index (χ1) is 13.4. The predicted molar refractivity (Wildman–Crippen MR) is 105 cm³/mol. The largest absolute Gasteiger partial charge is 0.450 e. The number of para-hydroxylation sites is 1. The van der Waals surface area contributed by atoms with E-state index in [9.17, 15) is 18.5 Å². The summed E-state index contributed by atoms with van der Waals surface area (Å²) in [7, 11) is -4.08. The summed E-state index contributed by atoms with van der Waals surface area (Å²) < 4.78 is 33.1. The van der Waals surface area contributed by atoms with Gasteiger partial charge in [0.25, 0.3) is 0 Å². The molecule has 9 heteroatoms. The van der Waals surface area contributed by atoms with Crippen LogP contribution >= 0.6 is 11.6 Å². The van der Waals surface area contributed by atoms with Crippen molar-refractivity contribution >= 4 is 27.3 Å². The molecule has 0 aliphatic heterocycles. The second-order valence-electron chi connectivity index (χ2n) is 5.71. The number of nitrogens with zero attached hydrogens (tertiary/aromatic N) is 1. The highest BCUT2D eigenvalue weighted by atomic mass is 35.5. The molecule has 144 valence electrons. The Hall–Kier alpha value is -2.94. The second-order valence-corrected chi connectivity index (χ2v) is 7.82. The van der Waals surface area contributed by atoms with Crippen molar-refractivity contribution in [2.75, 3.05) is 0 Å². The van der Waals surface area contributed by atoms with Gasteiger partial charge in [-0.1, -0.05) is 60.1 Å². The third kappa shape index (κ3) is 4.48. The highest BCUT2D eigenvalue weighted by molar-refractivity contribution is 7.89. The Kier molecular flexibility index (Phi) is 5.93. The summed E-state index contributed by atoms with van der Waals surface area (Å²) in [5.41, 5.74) is 0.119. The van der Waals surface area contributed by atoms with Gasteiger partial charge in [-0.05, 0) is 29.8 Å². The SMILES string of the molecule is O=[N+]([O-])c1c(Oc2ccccc2)ccc(S(=O)(=O)NCc2ccccc2)c1Cl. The molecule has 28 heavy (non-hydrogen) atoms. The van der Waals surface area contributed by atoms with Crippen LogP contribution < -0.4 is 9.46 Å². The van der Waals surface area contributed by atoms with Crippen LogP contribution in [0.4, 0.5) is 5.69 Å². The van der Waals surface area contributed by atoms with Gasteiger partial charge < -0.3 is 4.74 Å². The van der Waals surface area contributed by atoms with Crippen molar-refractivity contribution in [3.8, 4) is 11.5 Å². The number of nitro groups is 1. The maximum absolute atomic E-state index is 12.6. The quantitative estimate of drug-likeness (QED) is 0.449. The molecule has 0 fully saturated rings. The number of nitrogens with one attached hydrogen (secondary N) is 1. The first-order valence-corrected chi connectivity index (χ1v) is 9.98. The zero-order valence-electron chi connectivity index (χ0n) is 14.4. The molecule has 0 radical (unpaired) electrons. The molecule has 1 N–H and O–H groups in total. The van der Waals surface area contributed by atoms with Gasteiger partial charge >= 0.3 is 5.69 Å². The van der Waals surface area contributed by atoms with E-state index in [1.807, 2.05) is 6.07 Å². The number of sulfonamides is 1. The fourth-order valence-electron chi connectivity index (χ4n) is 2.46. The van der Waals surface area contributed by atoms with E-state index >= 15 is 0 Å². The van der Waals surface area contributed by atoms with E-state index in [4.69, 9.17) is 16.3 Å². The Morgan fingerprint density at radius 1 is 0.964 bits per heavy atom. The van der Waals surface area contributed by atoms with Crippen LogP contribution in [0.5, 0.6) is 11.5 Å². The van der Waals surface area contributed by atoms with Crippen molar-refractivity contribution in [3.63, 3.8) is 0 Å². The topological polar surface area (TPSA) is 98.5 Å². The summed E-state index contributed by atoms with van der Waals surface area (Å²) >= 11 is 6.10. The Labute approximate surface area is 166 Å². The van der Waals surface area contributed by atoms with E-state index < -0.39 is 30.6 Å². The van der Waals surface area contributed by atoms with Crippen LogP contribution in [0.15, 0.2) is 77.7 Å². The lowest BCUT2D eigenvalue weighted by Gasteiger charge is -2.11. The number of nitro benzene ring substituents is 1. The first-order valence-electron chi connectivity index (χ1n) is 8.12. The molecule has 0 aromatic heterocycles. The van der Waals surface area contributed by atoms with Crippen molar-refractivity contribution in [2.24, 2.45) is 0 Å². The molecule has 7 nitrogen and oxygen atoms in total. The highest BCUT2D eigenvalue weighted by Crippen LogP contribution is 2.40. The highest BCUT2D eigenvalue weighted by Gasteiger charge is 2.29. The van der Waals surface area contributed by atoms with Gasteiger partial charge in [0.1, 0.15) is 15.7 Å². The number of ether oxygens (including phenoxy) is 1. The minimum Gasteiger partial charge on any atom is -0.450 e. The van der Waals surface area contributed by atoms with E-state index in [-0.39, 0.29) is 12.3 Å². The molecular weight excluding hydrogens is 404 g/mol. The molecule has 0 heterocycles. The van der Waals surface area contributed by atoms with Crippen LogP contribution in [-0.2, 0) is 16.6 Å². The number of halogens is 1. The van der Waals surface area contributed by atoms with Crippen molar-refractivity contribution in [3.05, 3.63) is 93.5 Å². The van der Waals surface area contributed by atoms with Gasteiger partial charge in [0.05, 0.1) is 4.92 Å². The molecule has 0 atom stereocenters. The maximum Gasteiger partial charge on any atom is 0.331 e. The van der Waals surface area contributed by atoms with Crippen LogP contribution in [0.1, 0.15) is 5.56 Å². The number of hydrogen-bond acceptors (Lipinski definition) is 5. The van der Waals surface area contributed by atoms with Gasteiger partial charge in [0.2, 0.25) is 15.8 Å². The van der Waals surface area contributed by atoms with E-state index in [0.717, 1.165) is 5.56 Å². The lowest BCUT2D eigenvalue weighted by molar-refractivity contribution is -0.385. The lowest BCUT2D eigenvalue weighted by Crippen LogP contribution is -2.23. The predicted octanol–water partition coefficient (Wildman–Crippen LogP) is 4.52.